The Morgan fingerprint density at radius 2 is 0.722 bits per heavy atom. The smallest absolute Gasteiger partial charge is 0.303 e. The van der Waals surface area contributed by atoms with Crippen molar-refractivity contribution in [1.82, 2.24) is 31.1 Å². The number of amides is 4. The van der Waals surface area contributed by atoms with Crippen molar-refractivity contribution in [3.8, 4) is 0 Å². The normalized spacial score (nSPS) is 25.3. The molecule has 15 atom stereocenters. The van der Waals surface area contributed by atoms with Gasteiger partial charge in [0.05, 0.1) is 19.6 Å². The number of rotatable bonds is 41. The lowest BCUT2D eigenvalue weighted by Gasteiger charge is -2.43. The van der Waals surface area contributed by atoms with Gasteiger partial charge in [0, 0.05) is 137 Å². The Morgan fingerprint density at radius 3 is 1.14 bits per heavy atom. The molecule has 0 aromatic heterocycles. The fourth-order valence-corrected chi connectivity index (χ4v) is 10.6. The number of carbonyl (C=O) groups is 14. The van der Waals surface area contributed by atoms with Gasteiger partial charge in [0.2, 0.25) is 23.6 Å². The molecule has 3 saturated heterocycles. The highest BCUT2D eigenvalue weighted by Gasteiger charge is 2.51. The van der Waals surface area contributed by atoms with Gasteiger partial charge in [-0.1, -0.05) is 27.7 Å². The molecule has 34 heteroatoms. The van der Waals surface area contributed by atoms with Gasteiger partial charge in [0.1, 0.15) is 82.0 Å². The van der Waals surface area contributed by atoms with E-state index in [1.165, 1.54) is 13.8 Å². The van der Waals surface area contributed by atoms with E-state index in [0.717, 1.165) is 41.5 Å². The fourth-order valence-electron chi connectivity index (χ4n) is 10.6. The molecular formula is C63H100N6O28. The van der Waals surface area contributed by atoms with E-state index in [4.69, 9.17) is 66.3 Å². The number of carbonyl (C=O) groups excluding carboxylic acids is 14. The van der Waals surface area contributed by atoms with Crippen molar-refractivity contribution in [1.29, 1.82) is 0 Å². The number of nitrogens with zero attached hydrogens (tertiary/aromatic N) is 2. The molecule has 34 nitrogen and oxygen atoms in total. The first kappa shape index (κ1) is 83.9. The van der Waals surface area contributed by atoms with Crippen molar-refractivity contribution < 1.29 is 133 Å². The SMILES string of the molecule is CC(=O)OCC1OC(OCC(=O)CCCNC(=O)CN(CCN(CC(=O)CCCNC(=O)COC2OC(COC(C)=O)C(OC(C)=O)C(OC(C)=O)C2C)CC(=O)NCCNC(=O)COC2OC(COC(C)=O)C(OC(C)=O)C(OC(C)=O)C2C)C(C)C)C(C)C(C)C1OC(C)=O. The Hall–Kier alpha value is -7.34. The van der Waals surface area contributed by atoms with E-state index in [1.807, 2.05) is 32.6 Å². The predicted molar refractivity (Wildman–Crippen MR) is 332 cm³/mol. The van der Waals surface area contributed by atoms with Gasteiger partial charge in [-0.25, -0.2) is 0 Å². The Balaban J connectivity index is 1.62. The van der Waals surface area contributed by atoms with E-state index in [0.29, 0.717) is 0 Å². The Labute approximate surface area is 564 Å². The monoisotopic (exact) mass is 1390 g/mol. The molecular weight excluding hydrogens is 1290 g/mol. The molecule has 97 heavy (non-hydrogen) atoms. The second kappa shape index (κ2) is 43.1. The Morgan fingerprint density at radius 1 is 0.371 bits per heavy atom. The van der Waals surface area contributed by atoms with Crippen LogP contribution < -0.4 is 21.3 Å². The molecule has 3 aliphatic rings. The van der Waals surface area contributed by atoms with Gasteiger partial charge >= 0.3 is 47.8 Å². The maximum atomic E-state index is 13.6. The highest BCUT2D eigenvalue weighted by Crippen LogP contribution is 2.35. The lowest BCUT2D eigenvalue weighted by atomic mass is 9.84. The molecule has 0 radical (unpaired) electrons. The van der Waals surface area contributed by atoms with Gasteiger partial charge < -0.3 is 87.6 Å². The molecule has 3 heterocycles. The van der Waals surface area contributed by atoms with Crippen LogP contribution in [0.25, 0.3) is 0 Å². The average molecular weight is 1390 g/mol. The predicted octanol–water partition coefficient (Wildman–Crippen LogP) is -0.721. The van der Waals surface area contributed by atoms with Gasteiger partial charge in [-0.15, -0.1) is 0 Å². The van der Waals surface area contributed by atoms with E-state index in [9.17, 15) is 67.1 Å². The van der Waals surface area contributed by atoms with E-state index in [-0.39, 0.29) is 133 Å². The molecule has 0 aromatic carbocycles. The molecule has 0 aliphatic carbocycles. The summed E-state index contributed by atoms with van der Waals surface area (Å²) in [6, 6.07) is -0.202. The summed E-state index contributed by atoms with van der Waals surface area (Å²) in [4.78, 5) is 178. The van der Waals surface area contributed by atoms with Crippen LogP contribution in [0.5, 0.6) is 0 Å². The van der Waals surface area contributed by atoms with Gasteiger partial charge in [0.15, 0.2) is 36.9 Å². The fraction of sp³-hybridized carbons (Fsp3) is 0.778. The second-order valence-corrected chi connectivity index (χ2v) is 24.2. The van der Waals surface area contributed by atoms with Crippen molar-refractivity contribution in [2.45, 2.75) is 196 Å². The van der Waals surface area contributed by atoms with Crippen LogP contribution >= 0.6 is 0 Å². The zero-order valence-electron chi connectivity index (χ0n) is 58.0. The van der Waals surface area contributed by atoms with Crippen molar-refractivity contribution >= 4 is 82.9 Å². The molecule has 0 saturated carbocycles. The highest BCUT2D eigenvalue weighted by molar-refractivity contribution is 5.83. The minimum Gasteiger partial charge on any atom is -0.463 e. The van der Waals surface area contributed by atoms with Crippen molar-refractivity contribution in [3.05, 3.63) is 0 Å². The van der Waals surface area contributed by atoms with Crippen molar-refractivity contribution in [2.75, 3.05) is 98.5 Å². The summed E-state index contributed by atoms with van der Waals surface area (Å²) in [5, 5.41) is 10.8. The highest BCUT2D eigenvalue weighted by atomic mass is 16.7. The number of ketones is 2. The number of hydrogen-bond donors (Lipinski definition) is 4. The minimum atomic E-state index is -1.20. The molecule has 3 rings (SSSR count). The molecule has 3 fully saturated rings. The zero-order valence-corrected chi connectivity index (χ0v) is 58.0. The largest absolute Gasteiger partial charge is 0.463 e. The van der Waals surface area contributed by atoms with E-state index < -0.39 is 171 Å². The molecule has 4 amide bonds. The van der Waals surface area contributed by atoms with Gasteiger partial charge in [-0.2, -0.15) is 0 Å². The number of nitrogens with one attached hydrogen (secondary N) is 4. The molecule has 0 bridgehead atoms. The summed E-state index contributed by atoms with van der Waals surface area (Å²) in [6.07, 6.45) is -11.2. The van der Waals surface area contributed by atoms with E-state index >= 15 is 0 Å². The van der Waals surface area contributed by atoms with Crippen LogP contribution in [0.2, 0.25) is 0 Å². The maximum Gasteiger partial charge on any atom is 0.303 e. The third-order valence-corrected chi connectivity index (χ3v) is 15.6. The maximum absolute atomic E-state index is 13.6. The lowest BCUT2D eigenvalue weighted by Crippen LogP contribution is -2.58. The minimum absolute atomic E-state index is 0.0218. The average Bonchev–Trinajstić information content (AvgIpc) is 0.814. The van der Waals surface area contributed by atoms with Crippen LogP contribution in [0.1, 0.15) is 123 Å². The van der Waals surface area contributed by atoms with Gasteiger partial charge in [-0.3, -0.25) is 76.9 Å². The van der Waals surface area contributed by atoms with Crippen molar-refractivity contribution in [3.63, 3.8) is 0 Å². The molecule has 550 valence electrons. The summed E-state index contributed by atoms with van der Waals surface area (Å²) in [7, 11) is 0. The van der Waals surface area contributed by atoms with E-state index in [2.05, 4.69) is 21.3 Å². The summed E-state index contributed by atoms with van der Waals surface area (Å²) in [5.41, 5.74) is 0. The number of Topliss-reactive ketones (excluding diaryl/α,β-unsaturated/α-hetero) is 2. The van der Waals surface area contributed by atoms with Crippen LogP contribution in [0, 0.1) is 23.7 Å². The van der Waals surface area contributed by atoms with Gasteiger partial charge in [-0.05, 0) is 26.7 Å². The number of esters is 8. The first-order valence-electron chi connectivity index (χ1n) is 32.3. The molecule has 15 unspecified atom stereocenters. The van der Waals surface area contributed by atoms with Crippen LogP contribution in [-0.4, -0.2) is 265 Å². The quantitative estimate of drug-likeness (QED) is 0.0333. The first-order chi connectivity index (χ1) is 45.6. The van der Waals surface area contributed by atoms with Crippen LogP contribution in [0.15, 0.2) is 0 Å². The molecule has 0 spiro atoms. The lowest BCUT2D eigenvalue weighted by molar-refractivity contribution is -0.287. The van der Waals surface area contributed by atoms with Gasteiger partial charge in [0.25, 0.3) is 0 Å². The third kappa shape index (κ3) is 31.8. The van der Waals surface area contributed by atoms with Crippen LogP contribution in [-0.2, 0) is 133 Å². The van der Waals surface area contributed by atoms with Crippen molar-refractivity contribution in [2.24, 2.45) is 23.7 Å². The molecule has 4 N–H and O–H groups in total. The third-order valence-electron chi connectivity index (χ3n) is 15.6. The summed E-state index contributed by atoms with van der Waals surface area (Å²) in [6.45, 7) is 17.3. The summed E-state index contributed by atoms with van der Waals surface area (Å²) in [5.74, 6) is -10.1. The molecule has 3 aliphatic heterocycles. The van der Waals surface area contributed by atoms with Crippen LogP contribution in [0.3, 0.4) is 0 Å². The van der Waals surface area contributed by atoms with Crippen LogP contribution in [0.4, 0.5) is 0 Å². The standard InChI is InChI=1S/C63H100N6O28/c1-34(2)69(27-53(81)64-19-16-18-48(79)28-87-61-36(4)35(3)56(90-42(10)73)49(95-61)29-84-39(7)70)24-23-68(25-47(78)17-15-20-65-54(82)32-88-62-37(5)57(91-43(11)74)59(93-45(13)76)50(96-62)30-85-40(8)71)26-52(80)66-21-22-67-55(83)33-89-63-38(6)58(92-44(12)75)60(94-46(14)77)51(97-63)31-86-41(9)72/h34-38,49-51,56-63H,15-33H2,1-14H3,(H,64,81)(H,65,82)(H,66,80)(H,67,83). The van der Waals surface area contributed by atoms with E-state index in [1.54, 1.807) is 18.7 Å². The first-order valence-corrected chi connectivity index (χ1v) is 32.3. The number of ether oxygens (including phenoxy) is 14. The topological polar surface area (TPSA) is 423 Å². The summed E-state index contributed by atoms with van der Waals surface area (Å²) < 4.78 is 77.8. The molecule has 0 aromatic rings. The Bertz CT molecular complexity index is 2550. The Kier molecular flexibility index (Phi) is 37.3. The summed E-state index contributed by atoms with van der Waals surface area (Å²) >= 11 is 0. The second-order valence-electron chi connectivity index (χ2n) is 24.2. The number of hydrogen-bond acceptors (Lipinski definition) is 30. The zero-order chi connectivity index (χ0) is 72.6.